The van der Waals surface area contributed by atoms with Crippen molar-refractivity contribution in [3.05, 3.63) is 36.1 Å². The Morgan fingerprint density at radius 1 is 1.17 bits per heavy atom. The predicted octanol–water partition coefficient (Wildman–Crippen LogP) is 2.93. The third-order valence-electron chi connectivity index (χ3n) is 2.03. The van der Waals surface area contributed by atoms with Gasteiger partial charge in [-0.3, -0.25) is 0 Å². The van der Waals surface area contributed by atoms with Crippen LogP contribution in [0.2, 0.25) is 0 Å². The van der Waals surface area contributed by atoms with Crippen LogP contribution in [0.4, 0.5) is 0 Å². The molecule has 0 saturated carbocycles. The molecule has 0 saturated heterocycles. The average Bonchev–Trinajstić information content (AvgIpc) is 2.32. The van der Waals surface area contributed by atoms with Crippen LogP contribution in [-0.2, 0) is 9.53 Å². The largest absolute Gasteiger partial charge is 0.490 e. The molecule has 1 rings (SSSR count). The highest BCUT2D eigenvalue weighted by Crippen LogP contribution is 2.27. The molecular weight excluding hydrogens is 232 g/mol. The number of para-hydroxylation sites is 2. The summed E-state index contributed by atoms with van der Waals surface area (Å²) in [4.78, 5) is 11.2. The van der Waals surface area contributed by atoms with Gasteiger partial charge in [0.25, 0.3) is 0 Å². The molecule has 0 aromatic heterocycles. The summed E-state index contributed by atoms with van der Waals surface area (Å²) in [6.07, 6.45) is 1.31. The number of esters is 1. The van der Waals surface area contributed by atoms with Crippen molar-refractivity contribution in [3.63, 3.8) is 0 Å². The highest BCUT2D eigenvalue weighted by atomic mass is 16.5. The van der Waals surface area contributed by atoms with E-state index in [1.807, 2.05) is 25.1 Å². The van der Waals surface area contributed by atoms with E-state index in [0.717, 1.165) is 0 Å². The molecule has 0 radical (unpaired) electrons. The lowest BCUT2D eigenvalue weighted by Crippen LogP contribution is -2.03. The summed E-state index contributed by atoms with van der Waals surface area (Å²) in [5, 5.41) is 0. The van der Waals surface area contributed by atoms with Crippen molar-refractivity contribution >= 4 is 5.97 Å². The Morgan fingerprint density at radius 2 is 1.83 bits per heavy atom. The first-order valence-electron chi connectivity index (χ1n) is 5.92. The lowest BCUT2D eigenvalue weighted by atomic mass is 10.3. The van der Waals surface area contributed by atoms with Gasteiger partial charge in [-0.2, -0.15) is 0 Å². The van der Waals surface area contributed by atoms with Gasteiger partial charge in [-0.15, -0.1) is 0 Å². The number of carbonyl (C=O) groups is 1. The Bertz CT molecular complexity index is 424. The molecule has 98 valence electrons. The number of allylic oxidation sites excluding steroid dienone is 1. The fourth-order valence-corrected chi connectivity index (χ4v) is 1.36. The fraction of sp³-hybridized carbons (Fsp3) is 0.357. The molecule has 0 fully saturated rings. The molecule has 0 aliphatic carbocycles. The van der Waals surface area contributed by atoms with E-state index in [2.05, 4.69) is 0 Å². The molecule has 4 nitrogen and oxygen atoms in total. The Labute approximate surface area is 107 Å². The number of hydrogen-bond donors (Lipinski definition) is 0. The van der Waals surface area contributed by atoms with E-state index >= 15 is 0 Å². The zero-order valence-electron chi connectivity index (χ0n) is 10.9. The van der Waals surface area contributed by atoms with E-state index in [9.17, 15) is 4.79 Å². The molecule has 0 heterocycles. The van der Waals surface area contributed by atoms with Crippen molar-refractivity contribution in [2.45, 2.75) is 20.8 Å². The summed E-state index contributed by atoms with van der Waals surface area (Å²) in [7, 11) is 0. The van der Waals surface area contributed by atoms with E-state index in [0.29, 0.717) is 30.5 Å². The van der Waals surface area contributed by atoms with Crippen molar-refractivity contribution in [1.82, 2.24) is 0 Å². The minimum absolute atomic E-state index is 0.345. The first-order chi connectivity index (χ1) is 8.67. The Balaban J connectivity index is 2.74. The van der Waals surface area contributed by atoms with Gasteiger partial charge in [0.2, 0.25) is 0 Å². The third-order valence-corrected chi connectivity index (χ3v) is 2.03. The van der Waals surface area contributed by atoms with Crippen molar-refractivity contribution < 1.29 is 19.0 Å². The van der Waals surface area contributed by atoms with E-state index in [-0.39, 0.29) is 0 Å². The molecule has 4 heteroatoms. The molecule has 18 heavy (non-hydrogen) atoms. The van der Waals surface area contributed by atoms with Crippen LogP contribution in [-0.4, -0.2) is 19.2 Å². The average molecular weight is 250 g/mol. The van der Waals surface area contributed by atoms with Gasteiger partial charge in [0, 0.05) is 0 Å². The minimum atomic E-state index is -0.413. The number of rotatable bonds is 6. The topological polar surface area (TPSA) is 44.8 Å². The van der Waals surface area contributed by atoms with Crippen LogP contribution in [0, 0.1) is 0 Å². The summed E-state index contributed by atoms with van der Waals surface area (Å²) in [6, 6.07) is 7.31. The van der Waals surface area contributed by atoms with Gasteiger partial charge < -0.3 is 14.2 Å². The zero-order valence-corrected chi connectivity index (χ0v) is 10.9. The predicted molar refractivity (Wildman–Crippen MR) is 68.6 cm³/mol. The summed E-state index contributed by atoms with van der Waals surface area (Å²) >= 11 is 0. The Morgan fingerprint density at radius 3 is 2.44 bits per heavy atom. The first kappa shape index (κ1) is 14.1. The van der Waals surface area contributed by atoms with Crippen LogP contribution in [0.15, 0.2) is 36.1 Å². The highest BCUT2D eigenvalue weighted by Gasteiger charge is 2.06. The second-order valence-electron chi connectivity index (χ2n) is 3.49. The van der Waals surface area contributed by atoms with Crippen molar-refractivity contribution in [3.8, 4) is 11.5 Å². The second kappa shape index (κ2) is 7.37. The molecule has 1 aromatic carbocycles. The van der Waals surface area contributed by atoms with Crippen molar-refractivity contribution in [2.24, 2.45) is 0 Å². The Hall–Kier alpha value is -1.97. The van der Waals surface area contributed by atoms with Crippen LogP contribution in [0.1, 0.15) is 20.8 Å². The van der Waals surface area contributed by atoms with Gasteiger partial charge in [0.05, 0.1) is 19.3 Å². The Kier molecular flexibility index (Phi) is 5.77. The fourth-order valence-electron chi connectivity index (χ4n) is 1.36. The number of benzene rings is 1. The van der Waals surface area contributed by atoms with E-state index in [1.54, 1.807) is 19.9 Å². The second-order valence-corrected chi connectivity index (χ2v) is 3.49. The molecule has 0 N–H and O–H groups in total. The standard InChI is InChI=1S/C14H18O4/c1-4-16-12-8-6-7-9-13(12)18-11(3)10-14(15)17-5-2/h6-10H,4-5H2,1-3H3/b11-10-. The number of ether oxygens (including phenoxy) is 3. The van der Waals surface area contributed by atoms with Crippen molar-refractivity contribution in [2.75, 3.05) is 13.2 Å². The normalized spacial score (nSPS) is 10.9. The lowest BCUT2D eigenvalue weighted by molar-refractivity contribution is -0.137. The van der Waals surface area contributed by atoms with Crippen LogP contribution in [0.25, 0.3) is 0 Å². The SMILES string of the molecule is CCOC(=O)/C=C(/C)Oc1ccccc1OCC. The maximum absolute atomic E-state index is 11.2. The van der Waals surface area contributed by atoms with Crippen molar-refractivity contribution in [1.29, 1.82) is 0 Å². The molecule has 0 aliphatic heterocycles. The molecule has 1 aromatic rings. The van der Waals surface area contributed by atoms with Gasteiger partial charge >= 0.3 is 5.97 Å². The summed E-state index contributed by atoms with van der Waals surface area (Å²) in [5.74, 6) is 1.28. The van der Waals surface area contributed by atoms with Crippen LogP contribution >= 0.6 is 0 Å². The quantitative estimate of drug-likeness (QED) is 0.442. The smallest absolute Gasteiger partial charge is 0.334 e. The molecule has 0 amide bonds. The van der Waals surface area contributed by atoms with E-state index in [1.165, 1.54) is 6.08 Å². The van der Waals surface area contributed by atoms with Crippen LogP contribution in [0.3, 0.4) is 0 Å². The summed E-state index contributed by atoms with van der Waals surface area (Å²) in [6.45, 7) is 6.25. The summed E-state index contributed by atoms with van der Waals surface area (Å²) in [5.41, 5.74) is 0. The molecule has 0 atom stereocenters. The molecule has 0 spiro atoms. The molecule has 0 bridgehead atoms. The number of carbonyl (C=O) groups excluding carboxylic acids is 1. The van der Waals surface area contributed by atoms with E-state index in [4.69, 9.17) is 14.2 Å². The minimum Gasteiger partial charge on any atom is -0.490 e. The lowest BCUT2D eigenvalue weighted by Gasteiger charge is -2.11. The van der Waals surface area contributed by atoms with E-state index < -0.39 is 5.97 Å². The zero-order chi connectivity index (χ0) is 13.4. The molecule has 0 aliphatic rings. The van der Waals surface area contributed by atoms with Gasteiger partial charge in [-0.25, -0.2) is 4.79 Å². The van der Waals surface area contributed by atoms with Crippen LogP contribution < -0.4 is 9.47 Å². The maximum atomic E-state index is 11.2. The molecule has 0 unspecified atom stereocenters. The number of hydrogen-bond acceptors (Lipinski definition) is 4. The summed E-state index contributed by atoms with van der Waals surface area (Å²) < 4.78 is 15.8. The van der Waals surface area contributed by atoms with Gasteiger partial charge in [0.1, 0.15) is 5.76 Å². The molecular formula is C14H18O4. The third kappa shape index (κ3) is 4.49. The maximum Gasteiger partial charge on any atom is 0.334 e. The highest BCUT2D eigenvalue weighted by molar-refractivity contribution is 5.82. The monoisotopic (exact) mass is 250 g/mol. The van der Waals surface area contributed by atoms with Gasteiger partial charge in [0.15, 0.2) is 11.5 Å². The van der Waals surface area contributed by atoms with Crippen LogP contribution in [0.5, 0.6) is 11.5 Å². The first-order valence-corrected chi connectivity index (χ1v) is 5.92. The van der Waals surface area contributed by atoms with Gasteiger partial charge in [-0.1, -0.05) is 12.1 Å². The van der Waals surface area contributed by atoms with Gasteiger partial charge in [-0.05, 0) is 32.9 Å².